The molecule has 6 heteroatoms. The molecule has 0 spiro atoms. The molecule has 1 aromatic heterocycles. The van der Waals surface area contributed by atoms with Crippen molar-refractivity contribution < 1.29 is 9.72 Å². The molecule has 0 bridgehead atoms. The van der Waals surface area contributed by atoms with Crippen molar-refractivity contribution in [2.45, 2.75) is 20.8 Å². The SMILES string of the molecule is CC(=O)c1cc(-n2cnc(C)c2C)ccc1[N+](=O)[O-]. The van der Waals surface area contributed by atoms with Gasteiger partial charge in [0.25, 0.3) is 5.69 Å². The second-order valence-corrected chi connectivity index (χ2v) is 4.30. The monoisotopic (exact) mass is 259 g/mol. The average molecular weight is 259 g/mol. The molecule has 19 heavy (non-hydrogen) atoms. The van der Waals surface area contributed by atoms with Crippen molar-refractivity contribution in [2.24, 2.45) is 0 Å². The van der Waals surface area contributed by atoms with E-state index in [0.717, 1.165) is 11.4 Å². The van der Waals surface area contributed by atoms with E-state index in [1.54, 1.807) is 17.0 Å². The number of carbonyl (C=O) groups excluding carboxylic acids is 1. The molecule has 0 saturated carbocycles. The van der Waals surface area contributed by atoms with E-state index < -0.39 is 4.92 Å². The van der Waals surface area contributed by atoms with Gasteiger partial charge in [0.05, 0.1) is 22.5 Å². The molecule has 2 aromatic rings. The fourth-order valence-corrected chi connectivity index (χ4v) is 1.87. The summed E-state index contributed by atoms with van der Waals surface area (Å²) in [6.45, 7) is 5.10. The Hall–Kier alpha value is -2.50. The maximum absolute atomic E-state index is 11.5. The van der Waals surface area contributed by atoms with Crippen LogP contribution in [0, 0.1) is 24.0 Å². The maximum Gasteiger partial charge on any atom is 0.280 e. The summed E-state index contributed by atoms with van der Waals surface area (Å²) in [7, 11) is 0. The van der Waals surface area contributed by atoms with E-state index in [2.05, 4.69) is 4.98 Å². The van der Waals surface area contributed by atoms with Crippen LogP contribution in [0.25, 0.3) is 5.69 Å². The standard InChI is InChI=1S/C13H13N3O3/c1-8-9(2)15(7-14-8)11-4-5-13(16(18)19)12(6-11)10(3)17/h4-7H,1-3H3. The number of hydrogen-bond acceptors (Lipinski definition) is 4. The van der Waals surface area contributed by atoms with Gasteiger partial charge in [-0.2, -0.15) is 0 Å². The molecule has 1 aromatic carbocycles. The van der Waals surface area contributed by atoms with E-state index in [9.17, 15) is 14.9 Å². The van der Waals surface area contributed by atoms with Gasteiger partial charge in [-0.25, -0.2) is 4.98 Å². The summed E-state index contributed by atoms with van der Waals surface area (Å²) in [5.74, 6) is -0.331. The summed E-state index contributed by atoms with van der Waals surface area (Å²) in [6, 6.07) is 4.48. The van der Waals surface area contributed by atoms with Crippen LogP contribution in [0.4, 0.5) is 5.69 Å². The van der Waals surface area contributed by atoms with Gasteiger partial charge in [0.2, 0.25) is 0 Å². The van der Waals surface area contributed by atoms with Crippen molar-refractivity contribution in [3.8, 4) is 5.69 Å². The highest BCUT2D eigenvalue weighted by Gasteiger charge is 2.18. The smallest absolute Gasteiger partial charge is 0.280 e. The third kappa shape index (κ3) is 2.24. The van der Waals surface area contributed by atoms with Crippen molar-refractivity contribution in [2.75, 3.05) is 0 Å². The normalized spacial score (nSPS) is 10.5. The molecule has 0 saturated heterocycles. The first-order valence-corrected chi connectivity index (χ1v) is 5.72. The molecule has 0 aliphatic heterocycles. The zero-order valence-corrected chi connectivity index (χ0v) is 10.9. The van der Waals surface area contributed by atoms with Crippen LogP contribution in [0.15, 0.2) is 24.5 Å². The lowest BCUT2D eigenvalue weighted by Gasteiger charge is -2.07. The first-order chi connectivity index (χ1) is 8.91. The van der Waals surface area contributed by atoms with Crippen LogP contribution in [0.1, 0.15) is 28.7 Å². The second kappa shape index (κ2) is 4.64. The molecule has 98 valence electrons. The highest BCUT2D eigenvalue weighted by atomic mass is 16.6. The summed E-state index contributed by atoms with van der Waals surface area (Å²) in [6.07, 6.45) is 1.63. The summed E-state index contributed by atoms with van der Waals surface area (Å²) >= 11 is 0. The summed E-state index contributed by atoms with van der Waals surface area (Å²) in [5, 5.41) is 10.9. The zero-order valence-electron chi connectivity index (χ0n) is 10.9. The van der Waals surface area contributed by atoms with Crippen molar-refractivity contribution in [3.63, 3.8) is 0 Å². The van der Waals surface area contributed by atoms with Gasteiger partial charge in [-0.15, -0.1) is 0 Å². The van der Waals surface area contributed by atoms with Crippen LogP contribution in [0.5, 0.6) is 0 Å². The largest absolute Gasteiger partial charge is 0.303 e. The number of ketones is 1. The van der Waals surface area contributed by atoms with Gasteiger partial charge in [0.1, 0.15) is 0 Å². The van der Waals surface area contributed by atoms with Crippen LogP contribution in [-0.4, -0.2) is 20.3 Å². The number of nitro benzene ring substituents is 1. The van der Waals surface area contributed by atoms with Crippen molar-refractivity contribution in [1.29, 1.82) is 0 Å². The number of hydrogen-bond donors (Lipinski definition) is 0. The van der Waals surface area contributed by atoms with Crippen LogP contribution >= 0.6 is 0 Å². The Labute approximate surface area is 109 Å². The third-order valence-electron chi connectivity index (χ3n) is 3.09. The van der Waals surface area contributed by atoms with Crippen molar-refractivity contribution >= 4 is 11.5 Å². The lowest BCUT2D eigenvalue weighted by atomic mass is 10.1. The van der Waals surface area contributed by atoms with Gasteiger partial charge in [-0.1, -0.05) is 0 Å². The fraction of sp³-hybridized carbons (Fsp3) is 0.231. The van der Waals surface area contributed by atoms with Crippen LogP contribution in [-0.2, 0) is 0 Å². The second-order valence-electron chi connectivity index (χ2n) is 4.30. The van der Waals surface area contributed by atoms with Gasteiger partial charge in [-0.3, -0.25) is 14.9 Å². The molecule has 0 N–H and O–H groups in total. The molecule has 0 aliphatic carbocycles. The van der Waals surface area contributed by atoms with Gasteiger partial charge >= 0.3 is 0 Å². The first kappa shape index (κ1) is 12.9. The number of carbonyl (C=O) groups is 1. The molecule has 2 rings (SSSR count). The van der Waals surface area contributed by atoms with Gasteiger partial charge in [0, 0.05) is 17.4 Å². The Balaban J connectivity index is 2.62. The Morgan fingerprint density at radius 3 is 2.53 bits per heavy atom. The quantitative estimate of drug-likeness (QED) is 0.482. The van der Waals surface area contributed by atoms with Crippen molar-refractivity contribution in [1.82, 2.24) is 9.55 Å². The fourth-order valence-electron chi connectivity index (χ4n) is 1.87. The molecule has 0 fully saturated rings. The van der Waals surface area contributed by atoms with E-state index in [-0.39, 0.29) is 17.0 Å². The maximum atomic E-state index is 11.5. The molecule has 6 nitrogen and oxygen atoms in total. The number of nitrogens with zero attached hydrogens (tertiary/aromatic N) is 3. The van der Waals surface area contributed by atoms with Gasteiger partial charge in [0.15, 0.2) is 5.78 Å². The summed E-state index contributed by atoms with van der Waals surface area (Å²) in [4.78, 5) is 26.0. The summed E-state index contributed by atoms with van der Waals surface area (Å²) in [5.41, 5.74) is 2.43. The molecule has 0 amide bonds. The average Bonchev–Trinajstić information content (AvgIpc) is 2.69. The van der Waals surface area contributed by atoms with E-state index >= 15 is 0 Å². The van der Waals surface area contributed by atoms with Crippen LogP contribution < -0.4 is 0 Å². The zero-order chi connectivity index (χ0) is 14.2. The minimum Gasteiger partial charge on any atom is -0.303 e. The number of Topliss-reactive ketones (excluding diaryl/α,β-unsaturated/α-hetero) is 1. The topological polar surface area (TPSA) is 78.0 Å². The molecule has 0 unspecified atom stereocenters. The molecule has 0 aliphatic rings. The highest BCUT2D eigenvalue weighted by Crippen LogP contribution is 2.23. The Kier molecular flexibility index (Phi) is 3.16. The van der Waals surface area contributed by atoms with E-state index in [1.165, 1.54) is 19.1 Å². The predicted octanol–water partition coefficient (Wildman–Crippen LogP) is 2.60. The van der Waals surface area contributed by atoms with Gasteiger partial charge < -0.3 is 4.57 Å². The van der Waals surface area contributed by atoms with E-state index in [1.807, 2.05) is 13.8 Å². The number of aromatic nitrogens is 2. The highest BCUT2D eigenvalue weighted by molar-refractivity contribution is 5.98. The first-order valence-electron chi connectivity index (χ1n) is 5.72. The van der Waals surface area contributed by atoms with Crippen LogP contribution in [0.3, 0.4) is 0 Å². The van der Waals surface area contributed by atoms with Crippen molar-refractivity contribution in [3.05, 3.63) is 51.6 Å². The van der Waals surface area contributed by atoms with Gasteiger partial charge in [-0.05, 0) is 32.9 Å². The number of nitro groups is 1. The number of benzene rings is 1. The number of aryl methyl sites for hydroxylation is 1. The predicted molar refractivity (Wildman–Crippen MR) is 69.7 cm³/mol. The van der Waals surface area contributed by atoms with E-state index in [4.69, 9.17) is 0 Å². The summed E-state index contributed by atoms with van der Waals surface area (Å²) < 4.78 is 1.80. The third-order valence-corrected chi connectivity index (χ3v) is 3.09. The Morgan fingerprint density at radius 1 is 1.37 bits per heavy atom. The molecular weight excluding hydrogens is 246 g/mol. The Bertz CT molecular complexity index is 674. The number of imidazole rings is 1. The lowest BCUT2D eigenvalue weighted by molar-refractivity contribution is -0.385. The molecule has 1 heterocycles. The molecular formula is C13H13N3O3. The van der Waals surface area contributed by atoms with E-state index in [0.29, 0.717) is 5.69 Å². The number of rotatable bonds is 3. The molecule has 0 radical (unpaired) electrons. The van der Waals surface area contributed by atoms with Crippen LogP contribution in [0.2, 0.25) is 0 Å². The minimum absolute atomic E-state index is 0.105. The lowest BCUT2D eigenvalue weighted by Crippen LogP contribution is -2.03. The minimum atomic E-state index is -0.549. The Morgan fingerprint density at radius 2 is 2.05 bits per heavy atom. The molecule has 0 atom stereocenters.